The van der Waals surface area contributed by atoms with Gasteiger partial charge in [0.1, 0.15) is 18.2 Å². The number of hydrogen-bond donors (Lipinski definition) is 2. The molecule has 3 aromatic rings. The van der Waals surface area contributed by atoms with Crippen LogP contribution < -0.4 is 10.2 Å². The second-order valence-electron chi connectivity index (χ2n) is 5.27. The minimum absolute atomic E-state index is 0.527. The molecule has 5 nitrogen and oxygen atoms in total. The van der Waals surface area contributed by atoms with Crippen molar-refractivity contribution in [2.24, 2.45) is 0 Å². The summed E-state index contributed by atoms with van der Waals surface area (Å²) in [5.74, 6) is 1.61. The van der Waals surface area contributed by atoms with E-state index in [1.54, 1.807) is 4.68 Å². The van der Waals surface area contributed by atoms with Gasteiger partial charge in [0, 0.05) is 10.0 Å². The van der Waals surface area contributed by atoms with E-state index >= 15 is 0 Å². The van der Waals surface area contributed by atoms with Gasteiger partial charge in [-0.3, -0.25) is 5.10 Å². The molecule has 0 aliphatic heterocycles. The number of aromatic nitrogens is 3. The van der Waals surface area contributed by atoms with Gasteiger partial charge in [-0.1, -0.05) is 46.3 Å². The molecular weight excluding hydrogens is 388 g/mol. The molecule has 2 aromatic carbocycles. The van der Waals surface area contributed by atoms with Crippen LogP contribution in [0.2, 0.25) is 0 Å². The second-order valence-corrected chi connectivity index (χ2v) is 6.57. The van der Waals surface area contributed by atoms with E-state index in [4.69, 9.17) is 17.0 Å². The molecule has 0 unspecified atom stereocenters. The van der Waals surface area contributed by atoms with E-state index in [1.807, 2.05) is 55.5 Å². The molecule has 0 amide bonds. The zero-order chi connectivity index (χ0) is 16.9. The first-order valence-electron chi connectivity index (χ1n) is 7.46. The molecule has 1 heterocycles. The normalized spacial score (nSPS) is 10.6. The standard InChI is InChI=1S/C17H17BrN4OS/c1-12-20-21-17(24)22(12)19-10-14-9-15(18)7-8-16(14)23-11-13-5-3-2-4-6-13/h2-9,19H,10-11H2,1H3,(H,21,24). The number of hydrogen-bond acceptors (Lipinski definition) is 4. The van der Waals surface area contributed by atoms with E-state index in [1.165, 1.54) is 0 Å². The molecule has 0 aliphatic carbocycles. The van der Waals surface area contributed by atoms with Gasteiger partial charge in [0.05, 0.1) is 6.54 Å². The maximum Gasteiger partial charge on any atom is 0.214 e. The molecule has 0 fully saturated rings. The average molecular weight is 405 g/mol. The highest BCUT2D eigenvalue weighted by atomic mass is 79.9. The van der Waals surface area contributed by atoms with E-state index in [9.17, 15) is 0 Å². The van der Waals surface area contributed by atoms with Crippen molar-refractivity contribution in [3.8, 4) is 5.75 Å². The van der Waals surface area contributed by atoms with Crippen LogP contribution in [0.4, 0.5) is 0 Å². The molecule has 0 bridgehead atoms. The lowest BCUT2D eigenvalue weighted by molar-refractivity contribution is 0.303. The lowest BCUT2D eigenvalue weighted by atomic mass is 10.2. The minimum atomic E-state index is 0.527. The zero-order valence-electron chi connectivity index (χ0n) is 13.1. The van der Waals surface area contributed by atoms with Crippen LogP contribution in [0.1, 0.15) is 17.0 Å². The number of halogens is 1. The van der Waals surface area contributed by atoms with Crippen molar-refractivity contribution in [2.45, 2.75) is 20.1 Å². The van der Waals surface area contributed by atoms with Gasteiger partial charge in [-0.2, -0.15) is 5.10 Å². The van der Waals surface area contributed by atoms with Crippen LogP contribution in [0, 0.1) is 11.7 Å². The topological polar surface area (TPSA) is 54.9 Å². The lowest BCUT2D eigenvalue weighted by Crippen LogP contribution is -2.16. The van der Waals surface area contributed by atoms with Gasteiger partial charge in [0.15, 0.2) is 0 Å². The Bertz CT molecular complexity index is 876. The highest BCUT2D eigenvalue weighted by Crippen LogP contribution is 2.24. The summed E-state index contributed by atoms with van der Waals surface area (Å²) < 4.78 is 9.27. The Morgan fingerprint density at radius 2 is 2.04 bits per heavy atom. The monoisotopic (exact) mass is 404 g/mol. The quantitative estimate of drug-likeness (QED) is 0.600. The summed E-state index contributed by atoms with van der Waals surface area (Å²) in [6.45, 7) is 2.98. The van der Waals surface area contributed by atoms with Gasteiger partial charge >= 0.3 is 0 Å². The summed E-state index contributed by atoms with van der Waals surface area (Å²) in [7, 11) is 0. The van der Waals surface area contributed by atoms with E-state index in [2.05, 4.69) is 31.6 Å². The molecule has 2 N–H and O–H groups in total. The van der Waals surface area contributed by atoms with Crippen molar-refractivity contribution >= 4 is 28.1 Å². The highest BCUT2D eigenvalue weighted by molar-refractivity contribution is 9.10. The van der Waals surface area contributed by atoms with Crippen LogP contribution in [0.25, 0.3) is 0 Å². The van der Waals surface area contributed by atoms with Gasteiger partial charge in [0.2, 0.25) is 4.77 Å². The Hall–Kier alpha value is -2.12. The van der Waals surface area contributed by atoms with E-state index in [0.29, 0.717) is 17.9 Å². The lowest BCUT2D eigenvalue weighted by Gasteiger charge is -2.14. The molecule has 7 heteroatoms. The maximum atomic E-state index is 5.99. The first kappa shape index (κ1) is 16.7. The van der Waals surface area contributed by atoms with Gasteiger partial charge in [-0.25, -0.2) is 4.68 Å². The van der Waals surface area contributed by atoms with Crippen molar-refractivity contribution in [1.82, 2.24) is 14.9 Å². The highest BCUT2D eigenvalue weighted by Gasteiger charge is 2.07. The number of aromatic amines is 1. The maximum absolute atomic E-state index is 5.99. The molecule has 0 saturated carbocycles. The number of ether oxygens (including phenoxy) is 1. The van der Waals surface area contributed by atoms with Crippen LogP contribution >= 0.6 is 28.1 Å². The largest absolute Gasteiger partial charge is 0.489 e. The summed E-state index contributed by atoms with van der Waals surface area (Å²) in [4.78, 5) is 0. The molecule has 24 heavy (non-hydrogen) atoms. The molecule has 3 rings (SSSR count). The molecule has 0 aliphatic rings. The van der Waals surface area contributed by atoms with Crippen molar-refractivity contribution in [3.05, 3.63) is 74.7 Å². The number of nitrogens with zero attached hydrogens (tertiary/aromatic N) is 2. The van der Waals surface area contributed by atoms with Crippen LogP contribution in [0.3, 0.4) is 0 Å². The fraction of sp³-hybridized carbons (Fsp3) is 0.176. The van der Waals surface area contributed by atoms with Crippen molar-refractivity contribution in [3.63, 3.8) is 0 Å². The predicted molar refractivity (Wildman–Crippen MR) is 100 cm³/mol. The van der Waals surface area contributed by atoms with Crippen molar-refractivity contribution < 1.29 is 4.74 Å². The summed E-state index contributed by atoms with van der Waals surface area (Å²) in [5.41, 5.74) is 5.42. The van der Waals surface area contributed by atoms with E-state index in [0.717, 1.165) is 27.2 Å². The van der Waals surface area contributed by atoms with Gasteiger partial charge < -0.3 is 10.2 Å². The third-order valence-electron chi connectivity index (χ3n) is 3.53. The zero-order valence-corrected chi connectivity index (χ0v) is 15.5. The fourth-order valence-corrected chi connectivity index (χ4v) is 2.94. The Kier molecular flexibility index (Phi) is 5.32. The Balaban J connectivity index is 1.74. The fourth-order valence-electron chi connectivity index (χ4n) is 2.29. The molecular formula is C17H17BrN4OS. The molecule has 0 atom stereocenters. The van der Waals surface area contributed by atoms with Crippen LogP contribution in [0.5, 0.6) is 5.75 Å². The molecule has 0 radical (unpaired) electrons. The number of aryl methyl sites for hydroxylation is 1. The summed E-state index contributed by atoms with van der Waals surface area (Å²) in [5, 5.41) is 6.85. The second kappa shape index (κ2) is 7.63. The number of benzene rings is 2. The number of H-pyrrole nitrogens is 1. The van der Waals surface area contributed by atoms with E-state index < -0.39 is 0 Å². The third-order valence-corrected chi connectivity index (χ3v) is 4.29. The average Bonchev–Trinajstić information content (AvgIpc) is 2.91. The summed E-state index contributed by atoms with van der Waals surface area (Å²) in [6.07, 6.45) is 0. The Labute approximate surface area is 153 Å². The SMILES string of the molecule is Cc1n[nH]c(=S)n1NCc1cc(Br)ccc1OCc1ccccc1. The van der Waals surface area contributed by atoms with Crippen molar-refractivity contribution in [2.75, 3.05) is 5.43 Å². The molecule has 0 saturated heterocycles. The molecule has 1 aromatic heterocycles. The van der Waals surface area contributed by atoms with E-state index in [-0.39, 0.29) is 0 Å². The molecule has 124 valence electrons. The molecule has 0 spiro atoms. The van der Waals surface area contributed by atoms with Gasteiger partial charge in [-0.05, 0) is 42.9 Å². The Morgan fingerprint density at radius 1 is 1.25 bits per heavy atom. The predicted octanol–water partition coefficient (Wildman–Crippen LogP) is 4.33. The first-order chi connectivity index (χ1) is 11.6. The Morgan fingerprint density at radius 3 is 2.75 bits per heavy atom. The smallest absolute Gasteiger partial charge is 0.214 e. The van der Waals surface area contributed by atoms with Crippen molar-refractivity contribution in [1.29, 1.82) is 0 Å². The third kappa shape index (κ3) is 4.04. The summed E-state index contributed by atoms with van der Waals surface area (Å²) in [6, 6.07) is 16.1. The first-order valence-corrected chi connectivity index (χ1v) is 8.66. The minimum Gasteiger partial charge on any atom is -0.489 e. The number of nitrogens with one attached hydrogen (secondary N) is 2. The van der Waals surface area contributed by atoms with Gasteiger partial charge in [0.25, 0.3) is 0 Å². The van der Waals surface area contributed by atoms with Crippen LogP contribution in [-0.2, 0) is 13.2 Å². The van der Waals surface area contributed by atoms with Crippen LogP contribution in [-0.4, -0.2) is 14.9 Å². The summed E-state index contributed by atoms with van der Waals surface area (Å²) >= 11 is 8.71. The number of rotatable bonds is 6. The van der Waals surface area contributed by atoms with Gasteiger partial charge in [-0.15, -0.1) is 0 Å². The van der Waals surface area contributed by atoms with Crippen LogP contribution in [0.15, 0.2) is 53.0 Å².